The Balaban J connectivity index is 1.24. The van der Waals surface area contributed by atoms with Crippen LogP contribution in [0.3, 0.4) is 0 Å². The van der Waals surface area contributed by atoms with Gasteiger partial charge < -0.3 is 63.2 Å². The van der Waals surface area contributed by atoms with E-state index in [1.165, 1.54) is 39.9 Å². The summed E-state index contributed by atoms with van der Waals surface area (Å²) in [5, 5.41) is 55.5. The van der Waals surface area contributed by atoms with E-state index in [1.54, 1.807) is 76.7 Å². The number of likely N-dealkylation sites (N-methyl/N-ethyl adjacent to an activating group) is 1. The number of hydrogen-bond donors (Lipinski definition) is 4. The van der Waals surface area contributed by atoms with E-state index in [0.29, 0.717) is 42.9 Å². The van der Waals surface area contributed by atoms with Crippen LogP contribution in [0.2, 0.25) is 0 Å². The van der Waals surface area contributed by atoms with Crippen LogP contribution >= 0.6 is 0 Å². The molecule has 4 N–H and O–H groups in total. The highest BCUT2D eigenvalue weighted by molar-refractivity contribution is 5.95. The van der Waals surface area contributed by atoms with Crippen molar-refractivity contribution in [2.45, 2.75) is 205 Å². The van der Waals surface area contributed by atoms with Crippen LogP contribution in [0.25, 0.3) is 0 Å². The molecule has 4 aliphatic rings. The molecule has 0 unspecified atom stereocenters. The topological polar surface area (TPSA) is 260 Å². The van der Waals surface area contributed by atoms with Crippen molar-refractivity contribution in [2.75, 3.05) is 39.3 Å². The summed E-state index contributed by atoms with van der Waals surface area (Å²) < 4.78 is 52.0. The zero-order valence-corrected chi connectivity index (χ0v) is 45.7. The first kappa shape index (κ1) is 59.2. The van der Waals surface area contributed by atoms with E-state index in [0.717, 1.165) is 0 Å². The van der Waals surface area contributed by atoms with Gasteiger partial charge >= 0.3 is 12.1 Å². The van der Waals surface area contributed by atoms with E-state index >= 15 is 0 Å². The third-order valence-corrected chi connectivity index (χ3v) is 16.3. The van der Waals surface area contributed by atoms with Gasteiger partial charge in [-0.15, -0.1) is 5.10 Å². The highest BCUT2D eigenvalue weighted by Crippen LogP contribution is 2.42. The number of hydrogen-bond acceptors (Lipinski definition) is 19. The van der Waals surface area contributed by atoms with Crippen molar-refractivity contribution in [3.63, 3.8) is 0 Å². The van der Waals surface area contributed by atoms with E-state index in [4.69, 9.17) is 37.9 Å². The van der Waals surface area contributed by atoms with Gasteiger partial charge in [-0.05, 0) is 99.0 Å². The molecular formula is C53H83N5O16. The lowest BCUT2D eigenvalue weighted by molar-refractivity contribution is -0.319. The number of anilines is 1. The molecule has 2 aromatic rings. The number of esters is 1. The molecule has 416 valence electrons. The first-order chi connectivity index (χ1) is 34.7. The Morgan fingerprint density at radius 3 is 2.18 bits per heavy atom. The summed E-state index contributed by atoms with van der Waals surface area (Å²) in [4.78, 5) is 56.8. The Hall–Kier alpha value is -4.00. The van der Waals surface area contributed by atoms with E-state index in [1.807, 2.05) is 25.8 Å². The Labute approximate surface area is 435 Å². The molecule has 21 nitrogen and oxygen atoms in total. The van der Waals surface area contributed by atoms with Crippen molar-refractivity contribution in [2.24, 2.45) is 23.7 Å². The molecule has 0 bridgehead atoms. The van der Waals surface area contributed by atoms with Crippen LogP contribution in [0.15, 0.2) is 30.5 Å². The standard InChI is InChI=1S/C53H83N5O16/c1-15-40-53(11,66)45(62)30(4)42(60)28(2)23-52(10,68-14)47(31(5)44(32(6)48(64)72-40)73-41-24-51(9,67-13)46(63)34(8)70-41)74-49-43(61)39(22-29(3)69-49)56(12)21-20-36-25-57(55-54-36)26-38-27-58(50(65)71-38)37-18-16-35(17-19-37)33(7)59/h16-19,25,28-32,34,38-41,43-47,49,61-63,66H,15,20-24,26-27H2,1-14H3/t28-,29-,30+,31+,32-,34+,38+,39+,40-,41+,43-,44+,45-,46+,47-,49+,51-,52-,53-/m1/s1. The first-order valence-corrected chi connectivity index (χ1v) is 26.1. The van der Waals surface area contributed by atoms with Crippen molar-refractivity contribution >= 4 is 29.3 Å². The summed E-state index contributed by atoms with van der Waals surface area (Å²) in [6.45, 7) is 19.4. The number of nitrogens with zero attached hydrogens (tertiary/aromatic N) is 5. The Kier molecular flexibility index (Phi) is 19.3. The monoisotopic (exact) mass is 1050 g/mol. The fourth-order valence-electron chi connectivity index (χ4n) is 11.4. The van der Waals surface area contributed by atoms with Gasteiger partial charge in [-0.3, -0.25) is 19.3 Å². The molecule has 21 heteroatoms. The van der Waals surface area contributed by atoms with Gasteiger partial charge in [-0.25, -0.2) is 9.48 Å². The number of rotatable bonds is 15. The zero-order chi connectivity index (χ0) is 54.8. The van der Waals surface area contributed by atoms with E-state index < -0.39 is 126 Å². The molecule has 4 aliphatic heterocycles. The minimum Gasteiger partial charge on any atom is -0.459 e. The quantitative estimate of drug-likeness (QED) is 0.146. The van der Waals surface area contributed by atoms with E-state index in [-0.39, 0.29) is 37.4 Å². The maximum Gasteiger partial charge on any atom is 0.414 e. The number of aliphatic hydroxyl groups is 4. The number of amides is 1. The highest BCUT2D eigenvalue weighted by Gasteiger charge is 2.54. The predicted octanol–water partition coefficient (Wildman–Crippen LogP) is 3.87. The van der Waals surface area contributed by atoms with Crippen molar-refractivity contribution < 1.29 is 77.5 Å². The number of Topliss-reactive ketones (excluding diaryl/α,β-unsaturated/α-hetero) is 2. The maximum absolute atomic E-state index is 14.5. The number of carbonyl (C=O) groups excluding carboxylic acids is 4. The number of carbonyl (C=O) groups is 4. The number of methoxy groups -OCH3 is 2. The smallest absolute Gasteiger partial charge is 0.414 e. The van der Waals surface area contributed by atoms with Gasteiger partial charge in [0.2, 0.25) is 0 Å². The molecule has 19 atom stereocenters. The van der Waals surface area contributed by atoms with E-state index in [9.17, 15) is 39.6 Å². The van der Waals surface area contributed by atoms with E-state index in [2.05, 4.69) is 10.3 Å². The molecule has 1 aromatic carbocycles. The lowest BCUT2D eigenvalue weighted by Gasteiger charge is -2.50. The van der Waals surface area contributed by atoms with Crippen LogP contribution in [0.1, 0.15) is 118 Å². The number of benzene rings is 1. The van der Waals surface area contributed by atoms with Gasteiger partial charge in [0.25, 0.3) is 0 Å². The Morgan fingerprint density at radius 1 is 0.892 bits per heavy atom. The van der Waals surface area contributed by atoms with Gasteiger partial charge in [0.15, 0.2) is 18.4 Å². The second-order valence-corrected chi connectivity index (χ2v) is 22.0. The molecule has 0 aliphatic carbocycles. The Morgan fingerprint density at radius 2 is 1.55 bits per heavy atom. The predicted molar refractivity (Wildman–Crippen MR) is 268 cm³/mol. The van der Waals surface area contributed by atoms with Gasteiger partial charge in [-0.1, -0.05) is 32.9 Å². The lowest BCUT2D eigenvalue weighted by atomic mass is 9.74. The summed E-state index contributed by atoms with van der Waals surface area (Å²) in [6.07, 6.45) is -8.64. The van der Waals surface area contributed by atoms with Crippen molar-refractivity contribution in [1.82, 2.24) is 19.9 Å². The average molecular weight is 1050 g/mol. The number of aromatic nitrogens is 3. The molecule has 0 saturated carbocycles. The van der Waals surface area contributed by atoms with Crippen LogP contribution in [-0.4, -0.2) is 189 Å². The second-order valence-electron chi connectivity index (χ2n) is 22.0. The number of ketones is 2. The van der Waals surface area contributed by atoms with Gasteiger partial charge in [0.1, 0.15) is 35.8 Å². The fraction of sp³-hybridized carbons (Fsp3) is 0.774. The third kappa shape index (κ3) is 12.9. The maximum atomic E-state index is 14.5. The molecule has 74 heavy (non-hydrogen) atoms. The molecule has 4 saturated heterocycles. The summed E-state index contributed by atoms with van der Waals surface area (Å²) in [7, 11) is 4.87. The number of cyclic esters (lactones) is 2. The summed E-state index contributed by atoms with van der Waals surface area (Å²) in [5.41, 5.74) is -2.60. The van der Waals surface area contributed by atoms with Crippen LogP contribution in [-0.2, 0) is 60.4 Å². The van der Waals surface area contributed by atoms with Gasteiger partial charge in [0.05, 0.1) is 66.4 Å². The minimum absolute atomic E-state index is 0.0457. The van der Waals surface area contributed by atoms with Crippen LogP contribution < -0.4 is 4.90 Å². The Bertz CT molecular complexity index is 2230. The lowest BCUT2D eigenvalue weighted by Crippen LogP contribution is -2.61. The van der Waals surface area contributed by atoms with Gasteiger partial charge in [0, 0.05) is 74.8 Å². The molecule has 5 heterocycles. The van der Waals surface area contributed by atoms with Gasteiger partial charge in [-0.2, -0.15) is 0 Å². The molecule has 0 spiro atoms. The minimum atomic E-state index is -2.02. The normalized spacial score (nSPS) is 39.9. The largest absolute Gasteiger partial charge is 0.459 e. The highest BCUT2D eigenvalue weighted by atomic mass is 16.7. The van der Waals surface area contributed by atoms with Crippen molar-refractivity contribution in [1.29, 1.82) is 0 Å². The average Bonchev–Trinajstić information content (AvgIpc) is 3.98. The molecule has 0 radical (unpaired) electrons. The molecule has 1 amide bonds. The fourth-order valence-corrected chi connectivity index (χ4v) is 11.4. The van der Waals surface area contributed by atoms with Crippen LogP contribution in [0, 0.1) is 23.7 Å². The number of ether oxygens (including phenoxy) is 8. The third-order valence-electron chi connectivity index (χ3n) is 16.3. The summed E-state index contributed by atoms with van der Waals surface area (Å²) in [5.74, 6) is -4.91. The first-order valence-electron chi connectivity index (χ1n) is 26.1. The van der Waals surface area contributed by atoms with Crippen LogP contribution in [0.4, 0.5) is 10.5 Å². The summed E-state index contributed by atoms with van der Waals surface area (Å²) in [6, 6.07) is 6.30. The van der Waals surface area contributed by atoms with Crippen LogP contribution in [0.5, 0.6) is 0 Å². The molecule has 6 rings (SSSR count). The second kappa shape index (κ2) is 24.1. The molecular weight excluding hydrogens is 963 g/mol. The van der Waals surface area contributed by atoms with Crippen molar-refractivity contribution in [3.8, 4) is 0 Å². The molecule has 4 fully saturated rings. The SMILES string of the molecule is CC[C@H]1OC(=O)[C@H](C)[C@@H](O[C@H]2C[C@@](C)(OC)[C@@H](O)[C@H](C)O2)[C@H](C)[C@@H](O[C@@H]2O[C@H](C)C[C@H](N(C)CCc3cn(C[C@H]4CN(c5ccc(C(C)=O)cc5)C(=O)O4)nn3)[C@H]2O)[C@](C)(OC)C[C@@H](C)C(=O)[C@H](C)[C@@H](O)[C@]1(C)O. The summed E-state index contributed by atoms with van der Waals surface area (Å²) >= 11 is 0. The number of aliphatic hydroxyl groups excluding tert-OH is 3. The molecule has 1 aromatic heterocycles. The van der Waals surface area contributed by atoms with Crippen molar-refractivity contribution in [3.05, 3.63) is 41.7 Å². The zero-order valence-electron chi connectivity index (χ0n) is 45.7.